The van der Waals surface area contributed by atoms with Gasteiger partial charge >= 0.3 is 0 Å². The van der Waals surface area contributed by atoms with Crippen LogP contribution < -0.4 is 4.90 Å². The number of nitrogens with zero attached hydrogens (tertiary/aromatic N) is 4. The molecule has 0 saturated heterocycles. The molecule has 0 atom stereocenters. The zero-order valence-electron chi connectivity index (χ0n) is 11.5. The molecule has 0 aliphatic heterocycles. The number of aryl methyl sites for hydroxylation is 1. The normalized spacial score (nSPS) is 10.5. The molecule has 19 heavy (non-hydrogen) atoms. The number of aromatic nitrogens is 3. The van der Waals surface area contributed by atoms with Crippen molar-refractivity contribution in [1.29, 1.82) is 0 Å². The summed E-state index contributed by atoms with van der Waals surface area (Å²) in [7, 11) is 3.94. The van der Waals surface area contributed by atoms with Crippen molar-refractivity contribution in [1.82, 2.24) is 15.0 Å². The van der Waals surface area contributed by atoms with Crippen molar-refractivity contribution in [2.75, 3.05) is 19.0 Å². The van der Waals surface area contributed by atoms with E-state index in [4.69, 9.17) is 0 Å². The van der Waals surface area contributed by atoms with Crippen LogP contribution in [0.3, 0.4) is 0 Å². The van der Waals surface area contributed by atoms with Crippen LogP contribution in [0.5, 0.6) is 0 Å². The van der Waals surface area contributed by atoms with Crippen LogP contribution in [0.1, 0.15) is 29.4 Å². The first-order chi connectivity index (χ1) is 9.13. The molecule has 2 aromatic rings. The average molecular weight is 258 g/mol. The van der Waals surface area contributed by atoms with E-state index in [0.717, 1.165) is 12.1 Å². The standard InChI is InChI=1S/C14H18N4O/c1-4-9-18-13(10-15-16-18)14(19)11-5-7-12(8-6-11)17(2)3/h5-8,10H,4,9H2,1-3H3. The van der Waals surface area contributed by atoms with E-state index in [2.05, 4.69) is 10.3 Å². The van der Waals surface area contributed by atoms with Crippen LogP contribution in [0.4, 0.5) is 5.69 Å². The maximum absolute atomic E-state index is 12.4. The number of hydrogen-bond donors (Lipinski definition) is 0. The van der Waals surface area contributed by atoms with Crippen molar-refractivity contribution >= 4 is 11.5 Å². The van der Waals surface area contributed by atoms with E-state index in [0.29, 0.717) is 17.8 Å². The minimum absolute atomic E-state index is 0.0382. The van der Waals surface area contributed by atoms with E-state index in [9.17, 15) is 4.79 Å². The molecule has 1 heterocycles. The Morgan fingerprint density at radius 3 is 2.53 bits per heavy atom. The van der Waals surface area contributed by atoms with Gasteiger partial charge in [0.25, 0.3) is 0 Å². The van der Waals surface area contributed by atoms with E-state index in [1.54, 1.807) is 4.68 Å². The zero-order chi connectivity index (χ0) is 13.8. The molecule has 5 nitrogen and oxygen atoms in total. The molecular weight excluding hydrogens is 240 g/mol. The number of benzene rings is 1. The van der Waals surface area contributed by atoms with Gasteiger partial charge in [-0.3, -0.25) is 4.79 Å². The fraction of sp³-hybridized carbons (Fsp3) is 0.357. The second kappa shape index (κ2) is 5.65. The van der Waals surface area contributed by atoms with E-state index in [-0.39, 0.29) is 5.78 Å². The van der Waals surface area contributed by atoms with Gasteiger partial charge in [-0.25, -0.2) is 4.68 Å². The van der Waals surface area contributed by atoms with Crippen molar-refractivity contribution in [3.8, 4) is 0 Å². The van der Waals surface area contributed by atoms with Crippen LogP contribution in [0.2, 0.25) is 0 Å². The van der Waals surface area contributed by atoms with Crippen LogP contribution in [-0.4, -0.2) is 34.9 Å². The molecule has 0 radical (unpaired) electrons. The van der Waals surface area contributed by atoms with Crippen LogP contribution >= 0.6 is 0 Å². The van der Waals surface area contributed by atoms with Gasteiger partial charge < -0.3 is 4.90 Å². The SMILES string of the molecule is CCCn1nncc1C(=O)c1ccc(N(C)C)cc1. The Balaban J connectivity index is 2.26. The third-order valence-electron chi connectivity index (χ3n) is 2.93. The van der Waals surface area contributed by atoms with Gasteiger partial charge in [-0.2, -0.15) is 0 Å². The third kappa shape index (κ3) is 2.81. The number of anilines is 1. The fourth-order valence-electron chi connectivity index (χ4n) is 1.87. The van der Waals surface area contributed by atoms with Gasteiger partial charge in [-0.15, -0.1) is 5.10 Å². The maximum Gasteiger partial charge on any atom is 0.212 e. The Kier molecular flexibility index (Phi) is 3.94. The summed E-state index contributed by atoms with van der Waals surface area (Å²) in [6.45, 7) is 2.75. The minimum atomic E-state index is -0.0382. The number of hydrogen-bond acceptors (Lipinski definition) is 4. The van der Waals surface area contributed by atoms with Gasteiger partial charge in [-0.1, -0.05) is 12.1 Å². The molecule has 0 aliphatic carbocycles. The van der Waals surface area contributed by atoms with E-state index in [1.807, 2.05) is 50.2 Å². The van der Waals surface area contributed by atoms with Gasteiger partial charge in [0.05, 0.1) is 6.20 Å². The molecule has 0 amide bonds. The zero-order valence-corrected chi connectivity index (χ0v) is 11.5. The average Bonchev–Trinajstić information content (AvgIpc) is 2.87. The van der Waals surface area contributed by atoms with Gasteiger partial charge in [0.1, 0.15) is 5.69 Å². The monoisotopic (exact) mass is 258 g/mol. The molecule has 0 bridgehead atoms. The van der Waals surface area contributed by atoms with Crippen molar-refractivity contribution in [2.24, 2.45) is 0 Å². The second-order valence-electron chi connectivity index (χ2n) is 4.61. The lowest BCUT2D eigenvalue weighted by atomic mass is 10.1. The highest BCUT2D eigenvalue weighted by molar-refractivity contribution is 6.07. The van der Waals surface area contributed by atoms with Crippen LogP contribution in [-0.2, 0) is 6.54 Å². The quantitative estimate of drug-likeness (QED) is 0.770. The van der Waals surface area contributed by atoms with Crippen molar-refractivity contribution < 1.29 is 4.79 Å². The van der Waals surface area contributed by atoms with Gasteiger partial charge in [-0.05, 0) is 30.7 Å². The van der Waals surface area contributed by atoms with Gasteiger partial charge in [0.15, 0.2) is 0 Å². The fourth-order valence-corrected chi connectivity index (χ4v) is 1.87. The number of rotatable bonds is 5. The number of ketones is 1. The lowest BCUT2D eigenvalue weighted by Gasteiger charge is -2.12. The molecule has 0 unspecified atom stereocenters. The Hall–Kier alpha value is -2.17. The van der Waals surface area contributed by atoms with E-state index in [1.165, 1.54) is 6.20 Å². The predicted octanol–water partition coefficient (Wildman–Crippen LogP) is 1.99. The lowest BCUT2D eigenvalue weighted by Crippen LogP contribution is -2.12. The molecule has 1 aromatic carbocycles. The number of carbonyl (C=O) groups excluding carboxylic acids is 1. The summed E-state index contributed by atoms with van der Waals surface area (Å²) in [5.74, 6) is -0.0382. The molecule has 0 aliphatic rings. The van der Waals surface area contributed by atoms with Crippen molar-refractivity contribution in [3.63, 3.8) is 0 Å². The summed E-state index contributed by atoms with van der Waals surface area (Å²) >= 11 is 0. The molecular formula is C14H18N4O. The lowest BCUT2D eigenvalue weighted by molar-refractivity contribution is 0.102. The van der Waals surface area contributed by atoms with Crippen molar-refractivity contribution in [3.05, 3.63) is 41.7 Å². The minimum Gasteiger partial charge on any atom is -0.378 e. The molecule has 1 aromatic heterocycles. The first-order valence-electron chi connectivity index (χ1n) is 6.34. The highest BCUT2D eigenvalue weighted by Crippen LogP contribution is 2.15. The predicted molar refractivity (Wildman–Crippen MR) is 74.5 cm³/mol. The summed E-state index contributed by atoms with van der Waals surface area (Å²) < 4.78 is 1.65. The molecule has 2 rings (SSSR count). The highest BCUT2D eigenvalue weighted by atomic mass is 16.1. The highest BCUT2D eigenvalue weighted by Gasteiger charge is 2.15. The summed E-state index contributed by atoms with van der Waals surface area (Å²) in [5, 5.41) is 7.75. The Morgan fingerprint density at radius 2 is 1.95 bits per heavy atom. The molecule has 5 heteroatoms. The maximum atomic E-state index is 12.4. The summed E-state index contributed by atoms with van der Waals surface area (Å²) in [6.07, 6.45) is 2.45. The molecule has 0 N–H and O–H groups in total. The van der Waals surface area contributed by atoms with Gasteiger partial charge in [0, 0.05) is 31.9 Å². The topological polar surface area (TPSA) is 51.0 Å². The Morgan fingerprint density at radius 1 is 1.26 bits per heavy atom. The largest absolute Gasteiger partial charge is 0.378 e. The third-order valence-corrected chi connectivity index (χ3v) is 2.93. The second-order valence-corrected chi connectivity index (χ2v) is 4.61. The smallest absolute Gasteiger partial charge is 0.212 e. The summed E-state index contributed by atoms with van der Waals surface area (Å²) in [4.78, 5) is 14.4. The van der Waals surface area contributed by atoms with Crippen LogP contribution in [0.25, 0.3) is 0 Å². The molecule has 0 saturated carbocycles. The number of carbonyl (C=O) groups is 1. The first-order valence-corrected chi connectivity index (χ1v) is 6.34. The molecule has 0 spiro atoms. The van der Waals surface area contributed by atoms with Crippen LogP contribution in [0, 0.1) is 0 Å². The Bertz CT molecular complexity index is 557. The summed E-state index contributed by atoms with van der Waals surface area (Å²) in [5.41, 5.74) is 2.27. The van der Waals surface area contributed by atoms with E-state index < -0.39 is 0 Å². The van der Waals surface area contributed by atoms with Crippen molar-refractivity contribution in [2.45, 2.75) is 19.9 Å². The molecule has 100 valence electrons. The van der Waals surface area contributed by atoms with Crippen LogP contribution in [0.15, 0.2) is 30.5 Å². The van der Waals surface area contributed by atoms with Gasteiger partial charge in [0.2, 0.25) is 5.78 Å². The Labute approximate surface area is 112 Å². The van der Waals surface area contributed by atoms with E-state index >= 15 is 0 Å². The molecule has 0 fully saturated rings. The first kappa shape index (κ1) is 13.3. The summed E-state index contributed by atoms with van der Waals surface area (Å²) in [6, 6.07) is 7.53.